The minimum absolute atomic E-state index is 0.356. The van der Waals surface area contributed by atoms with Crippen LogP contribution in [-0.4, -0.2) is 6.71 Å². The van der Waals surface area contributed by atoms with Gasteiger partial charge in [-0.25, -0.2) is 17.6 Å². The molecule has 0 aliphatic carbocycles. The van der Waals surface area contributed by atoms with Crippen LogP contribution in [-0.2, 0) is 0 Å². The SMILES string of the molecule is Fc1cc(F)cc(-c2ccc3c(c2)Oc2cc(-c4ccccc4)cc4c2B3c2ccc(-c3cc(F)cc(F)c3)cc2N4c2c(-c3ccccc3)cccc2-c2ccccc2)c1. The molecule has 11 rings (SSSR count). The maximum atomic E-state index is 14.9. The van der Waals surface area contributed by atoms with E-state index in [0.29, 0.717) is 33.8 Å². The van der Waals surface area contributed by atoms with E-state index >= 15 is 0 Å². The van der Waals surface area contributed by atoms with Crippen molar-refractivity contribution in [3.05, 3.63) is 217 Å². The van der Waals surface area contributed by atoms with Crippen molar-refractivity contribution in [3.63, 3.8) is 0 Å². The second-order valence-electron chi connectivity index (χ2n) is 15.4. The molecule has 9 aromatic rings. The van der Waals surface area contributed by atoms with Crippen LogP contribution in [0.1, 0.15) is 0 Å². The Labute approximate surface area is 350 Å². The first-order valence-corrected chi connectivity index (χ1v) is 20.0. The third-order valence-corrected chi connectivity index (χ3v) is 11.7. The quantitative estimate of drug-likeness (QED) is 0.123. The summed E-state index contributed by atoms with van der Waals surface area (Å²) < 4.78 is 65.8. The molecule has 0 N–H and O–H groups in total. The van der Waals surface area contributed by atoms with Crippen LogP contribution < -0.4 is 26.0 Å². The predicted octanol–water partition coefficient (Wildman–Crippen LogP) is 13.0. The molecular weight excluding hydrogens is 765 g/mol. The first kappa shape index (κ1) is 36.4. The number of hydrogen-bond acceptors (Lipinski definition) is 2. The van der Waals surface area contributed by atoms with E-state index in [1.165, 1.54) is 24.3 Å². The molecule has 2 heterocycles. The summed E-state index contributed by atoms with van der Waals surface area (Å²) in [7, 11) is 0. The number of benzene rings is 9. The molecule has 2 aliphatic heterocycles. The highest BCUT2D eigenvalue weighted by Gasteiger charge is 2.43. The van der Waals surface area contributed by atoms with Gasteiger partial charge in [0.2, 0.25) is 0 Å². The molecule has 0 aromatic heterocycles. The van der Waals surface area contributed by atoms with E-state index in [4.69, 9.17) is 4.74 Å². The molecule has 2 aliphatic rings. The van der Waals surface area contributed by atoms with Gasteiger partial charge in [-0.1, -0.05) is 133 Å². The fourth-order valence-corrected chi connectivity index (χ4v) is 9.06. The van der Waals surface area contributed by atoms with Crippen molar-refractivity contribution in [2.24, 2.45) is 0 Å². The van der Waals surface area contributed by atoms with Gasteiger partial charge in [0.05, 0.1) is 5.69 Å². The fourth-order valence-electron chi connectivity index (χ4n) is 9.06. The van der Waals surface area contributed by atoms with Gasteiger partial charge in [-0.05, 0) is 109 Å². The highest BCUT2D eigenvalue weighted by Crippen LogP contribution is 2.50. The summed E-state index contributed by atoms with van der Waals surface area (Å²) in [6, 6.07) is 59.9. The number of nitrogens with zero attached hydrogens (tertiary/aromatic N) is 1. The number of hydrogen-bond donors (Lipinski definition) is 0. The molecule has 2 nitrogen and oxygen atoms in total. The van der Waals surface area contributed by atoms with E-state index < -0.39 is 23.3 Å². The van der Waals surface area contributed by atoms with Crippen molar-refractivity contribution in [3.8, 4) is 67.1 Å². The zero-order chi connectivity index (χ0) is 41.2. The van der Waals surface area contributed by atoms with Crippen molar-refractivity contribution < 1.29 is 22.3 Å². The highest BCUT2D eigenvalue weighted by molar-refractivity contribution is 6.99. The predicted molar refractivity (Wildman–Crippen MR) is 239 cm³/mol. The van der Waals surface area contributed by atoms with Crippen LogP contribution in [0, 0.1) is 23.3 Å². The molecule has 0 fully saturated rings. The topological polar surface area (TPSA) is 12.5 Å². The lowest BCUT2D eigenvalue weighted by atomic mass is 9.34. The number of fused-ring (bicyclic) bond motifs is 4. The zero-order valence-electron chi connectivity index (χ0n) is 32.4. The van der Waals surface area contributed by atoms with Crippen molar-refractivity contribution >= 4 is 40.2 Å². The number of para-hydroxylation sites is 1. The molecule has 7 heteroatoms. The summed E-state index contributed by atoms with van der Waals surface area (Å²) in [4.78, 5) is 2.29. The largest absolute Gasteiger partial charge is 0.458 e. The van der Waals surface area contributed by atoms with Crippen molar-refractivity contribution in [1.82, 2.24) is 0 Å². The Morgan fingerprint density at radius 3 is 1.36 bits per heavy atom. The Hall–Kier alpha value is -7.64. The third kappa shape index (κ3) is 6.37. The average Bonchev–Trinajstić information content (AvgIpc) is 3.28. The first-order valence-electron chi connectivity index (χ1n) is 20.0. The van der Waals surface area contributed by atoms with Gasteiger partial charge in [0, 0.05) is 34.6 Å². The molecular formula is C54H32BF4NO. The maximum absolute atomic E-state index is 14.9. The van der Waals surface area contributed by atoms with Gasteiger partial charge in [-0.2, -0.15) is 0 Å². The van der Waals surface area contributed by atoms with E-state index in [9.17, 15) is 17.6 Å². The summed E-state index contributed by atoms with van der Waals surface area (Å²) in [5.74, 6) is -1.47. The average molecular weight is 798 g/mol. The molecule has 9 aromatic carbocycles. The molecule has 0 saturated heterocycles. The van der Waals surface area contributed by atoms with Crippen LogP contribution in [0.2, 0.25) is 0 Å². The summed E-state index contributed by atoms with van der Waals surface area (Å²) in [6.45, 7) is -0.356. The standard InChI is InChI=1S/C54H32BF4NO/c56-41-23-38(24-42(57)31-41)36-19-21-47-49(27-36)60(54-45(34-13-6-2-7-14-34)17-10-18-46(54)35-15-8-3-9-16-35)50-28-40(33-11-4-1-5-12-33)30-52-53(50)55(47)48-22-20-37(29-51(48)61-52)39-25-43(58)32-44(59)26-39/h1-32H. The number of rotatable bonds is 6. The minimum Gasteiger partial charge on any atom is -0.458 e. The first-order chi connectivity index (χ1) is 29.9. The summed E-state index contributed by atoms with van der Waals surface area (Å²) in [6.07, 6.45) is 0. The van der Waals surface area contributed by atoms with E-state index in [1.54, 1.807) is 0 Å². The molecule has 0 atom stereocenters. The summed E-state index contributed by atoms with van der Waals surface area (Å²) in [5, 5.41) is 0. The summed E-state index contributed by atoms with van der Waals surface area (Å²) in [5.41, 5.74) is 13.3. The van der Waals surface area contributed by atoms with Gasteiger partial charge >= 0.3 is 0 Å². The van der Waals surface area contributed by atoms with Crippen molar-refractivity contribution in [1.29, 1.82) is 0 Å². The second-order valence-corrected chi connectivity index (χ2v) is 15.4. The number of halogens is 4. The minimum atomic E-state index is -0.669. The van der Waals surface area contributed by atoms with Crippen LogP contribution in [0.15, 0.2) is 194 Å². The van der Waals surface area contributed by atoms with E-state index in [-0.39, 0.29) is 6.71 Å². The van der Waals surface area contributed by atoms with Crippen LogP contribution in [0.4, 0.5) is 34.6 Å². The molecule has 61 heavy (non-hydrogen) atoms. The van der Waals surface area contributed by atoms with Gasteiger partial charge in [-0.15, -0.1) is 0 Å². The highest BCUT2D eigenvalue weighted by atomic mass is 19.1. The van der Waals surface area contributed by atoms with Crippen LogP contribution in [0.5, 0.6) is 11.5 Å². The Morgan fingerprint density at radius 1 is 0.344 bits per heavy atom. The Morgan fingerprint density at radius 2 is 0.803 bits per heavy atom. The Balaban J connectivity index is 1.24. The van der Waals surface area contributed by atoms with Gasteiger partial charge in [0.25, 0.3) is 6.71 Å². The van der Waals surface area contributed by atoms with Crippen LogP contribution in [0.3, 0.4) is 0 Å². The fraction of sp³-hybridized carbons (Fsp3) is 0. The Kier molecular flexibility index (Phi) is 8.71. The molecule has 0 unspecified atom stereocenters. The van der Waals surface area contributed by atoms with Gasteiger partial charge in [0.15, 0.2) is 0 Å². The lowest BCUT2D eigenvalue weighted by molar-refractivity contribution is 0.488. The summed E-state index contributed by atoms with van der Waals surface area (Å²) >= 11 is 0. The monoisotopic (exact) mass is 797 g/mol. The van der Waals surface area contributed by atoms with Crippen molar-refractivity contribution in [2.75, 3.05) is 4.90 Å². The smallest absolute Gasteiger partial charge is 0.256 e. The second kappa shape index (κ2) is 14.6. The zero-order valence-corrected chi connectivity index (χ0v) is 32.4. The lowest BCUT2D eigenvalue weighted by Crippen LogP contribution is -2.59. The van der Waals surface area contributed by atoms with Crippen molar-refractivity contribution in [2.45, 2.75) is 0 Å². The molecule has 290 valence electrons. The normalized spacial score (nSPS) is 12.3. The molecule has 0 bridgehead atoms. The Bertz CT molecular complexity index is 3080. The molecule has 0 amide bonds. The van der Waals surface area contributed by atoms with E-state index in [1.807, 2.05) is 91.0 Å². The van der Waals surface area contributed by atoms with Gasteiger partial charge in [0.1, 0.15) is 34.8 Å². The molecule has 0 radical (unpaired) electrons. The van der Waals surface area contributed by atoms with Crippen LogP contribution in [0.25, 0.3) is 55.6 Å². The molecule has 0 spiro atoms. The number of ether oxygens (including phenoxy) is 1. The van der Waals surface area contributed by atoms with Gasteiger partial charge in [-0.3, -0.25) is 0 Å². The van der Waals surface area contributed by atoms with Crippen LogP contribution >= 0.6 is 0 Å². The third-order valence-electron chi connectivity index (χ3n) is 11.7. The van der Waals surface area contributed by atoms with E-state index in [2.05, 4.69) is 71.6 Å². The number of anilines is 3. The van der Waals surface area contributed by atoms with E-state index in [0.717, 1.165) is 79.0 Å². The molecule has 0 saturated carbocycles. The maximum Gasteiger partial charge on any atom is 0.256 e. The van der Waals surface area contributed by atoms with Gasteiger partial charge < -0.3 is 9.64 Å². The lowest BCUT2D eigenvalue weighted by Gasteiger charge is -2.42.